The van der Waals surface area contributed by atoms with Gasteiger partial charge in [0.2, 0.25) is 5.91 Å². The summed E-state index contributed by atoms with van der Waals surface area (Å²) in [6, 6.07) is 0.0488. The molecule has 0 spiro atoms. The van der Waals surface area contributed by atoms with E-state index in [0.29, 0.717) is 0 Å². The Labute approximate surface area is 90.6 Å². The molecule has 1 amide bonds. The number of likely N-dealkylation sites (tertiary alicyclic amines) is 1. The van der Waals surface area contributed by atoms with Crippen molar-refractivity contribution in [2.75, 3.05) is 26.4 Å². The van der Waals surface area contributed by atoms with Gasteiger partial charge in [0.05, 0.1) is 6.04 Å². The summed E-state index contributed by atoms with van der Waals surface area (Å²) in [6.45, 7) is 6.11. The van der Waals surface area contributed by atoms with Crippen molar-refractivity contribution in [3.63, 3.8) is 0 Å². The number of rotatable bonds is 4. The molecule has 0 radical (unpaired) electrons. The average Bonchev–Trinajstić information content (AvgIpc) is 2.47. The van der Waals surface area contributed by atoms with Crippen LogP contribution in [0.25, 0.3) is 0 Å². The van der Waals surface area contributed by atoms with Crippen LogP contribution in [0.2, 0.25) is 0 Å². The summed E-state index contributed by atoms with van der Waals surface area (Å²) in [6.07, 6.45) is 3.04. The minimum absolute atomic E-state index is 0.0488. The largest absolute Gasteiger partial charge is 0.340 e. The zero-order chi connectivity index (χ0) is 10.8. The summed E-state index contributed by atoms with van der Waals surface area (Å²) in [5, 5.41) is 3.05. The molecule has 1 fully saturated rings. The van der Waals surface area contributed by atoms with Crippen LogP contribution in [0.15, 0.2) is 0 Å². The summed E-state index contributed by atoms with van der Waals surface area (Å²) in [7, 11) is 1.85. The number of hydrogen-bond acceptors (Lipinski definition) is 3. The summed E-state index contributed by atoms with van der Waals surface area (Å²) in [4.78, 5) is 13.8. The average molecular weight is 216 g/mol. The van der Waals surface area contributed by atoms with Crippen molar-refractivity contribution in [3.05, 3.63) is 0 Å². The second kappa shape index (κ2) is 4.53. The van der Waals surface area contributed by atoms with Gasteiger partial charge in [-0.15, -0.1) is 0 Å². The minimum Gasteiger partial charge on any atom is -0.340 e. The molecular weight excluding hydrogens is 196 g/mol. The fraction of sp³-hybridized carbons (Fsp3) is 0.900. The molecule has 1 heterocycles. The fourth-order valence-electron chi connectivity index (χ4n) is 1.69. The molecule has 4 heteroatoms. The van der Waals surface area contributed by atoms with E-state index < -0.39 is 0 Å². The zero-order valence-electron chi connectivity index (χ0n) is 9.46. The van der Waals surface area contributed by atoms with Crippen LogP contribution in [-0.2, 0) is 4.79 Å². The van der Waals surface area contributed by atoms with Crippen molar-refractivity contribution < 1.29 is 4.79 Å². The van der Waals surface area contributed by atoms with Crippen LogP contribution in [0, 0.1) is 0 Å². The van der Waals surface area contributed by atoms with Gasteiger partial charge in [-0.2, -0.15) is 11.8 Å². The molecule has 82 valence electrons. The van der Waals surface area contributed by atoms with Crippen LogP contribution in [0.3, 0.4) is 0 Å². The molecule has 1 rings (SSSR count). The Balaban J connectivity index is 2.52. The first-order valence-corrected chi connectivity index (χ1v) is 6.24. The molecule has 3 nitrogen and oxygen atoms in total. The molecule has 1 atom stereocenters. The number of carbonyl (C=O) groups is 1. The first kappa shape index (κ1) is 11.9. The number of likely N-dealkylation sites (N-methyl/N-ethyl adjacent to an activating group) is 1. The molecule has 0 aromatic carbocycles. The van der Waals surface area contributed by atoms with Crippen LogP contribution in [0.5, 0.6) is 0 Å². The Morgan fingerprint density at radius 2 is 2.29 bits per heavy atom. The minimum atomic E-state index is 0.0488. The van der Waals surface area contributed by atoms with Gasteiger partial charge < -0.3 is 10.2 Å². The van der Waals surface area contributed by atoms with E-state index in [4.69, 9.17) is 0 Å². The molecule has 0 aromatic heterocycles. The van der Waals surface area contributed by atoms with Gasteiger partial charge in [-0.1, -0.05) is 0 Å². The Kier molecular flexibility index (Phi) is 3.84. The van der Waals surface area contributed by atoms with E-state index in [1.807, 2.05) is 23.7 Å². The van der Waals surface area contributed by atoms with Crippen LogP contribution in [0.1, 0.15) is 20.3 Å². The highest BCUT2D eigenvalue weighted by molar-refractivity contribution is 7.99. The molecule has 0 aliphatic carbocycles. The maximum absolute atomic E-state index is 11.8. The van der Waals surface area contributed by atoms with Crippen molar-refractivity contribution in [3.8, 4) is 0 Å². The third-order valence-electron chi connectivity index (χ3n) is 2.77. The third-order valence-corrected chi connectivity index (χ3v) is 4.00. The van der Waals surface area contributed by atoms with E-state index in [1.54, 1.807) is 0 Å². The Morgan fingerprint density at radius 3 is 2.71 bits per heavy atom. The van der Waals surface area contributed by atoms with Gasteiger partial charge >= 0.3 is 0 Å². The number of nitrogens with one attached hydrogen (secondary N) is 1. The number of nitrogens with zero attached hydrogens (tertiary/aromatic N) is 1. The smallest absolute Gasteiger partial charge is 0.239 e. The normalized spacial score (nSPS) is 23.3. The lowest BCUT2D eigenvalue weighted by Crippen LogP contribution is -2.41. The SMILES string of the molecule is CNC1CCN(CC(C)(C)SC)C1=O. The van der Waals surface area contributed by atoms with Crippen LogP contribution >= 0.6 is 11.8 Å². The number of carbonyl (C=O) groups excluding carboxylic acids is 1. The first-order chi connectivity index (χ1) is 6.50. The summed E-state index contributed by atoms with van der Waals surface area (Å²) < 4.78 is 0.165. The van der Waals surface area contributed by atoms with Gasteiger partial charge in [-0.25, -0.2) is 0 Å². The van der Waals surface area contributed by atoms with Gasteiger partial charge in [0.15, 0.2) is 0 Å². The van der Waals surface area contributed by atoms with Crippen molar-refractivity contribution in [2.45, 2.75) is 31.1 Å². The van der Waals surface area contributed by atoms with E-state index >= 15 is 0 Å². The highest BCUT2D eigenvalue weighted by Gasteiger charge is 2.33. The fourth-order valence-corrected chi connectivity index (χ4v) is 1.97. The lowest BCUT2D eigenvalue weighted by Gasteiger charge is -2.28. The molecule has 0 bridgehead atoms. The van der Waals surface area contributed by atoms with Gasteiger partial charge in [0.25, 0.3) is 0 Å². The lowest BCUT2D eigenvalue weighted by molar-refractivity contribution is -0.129. The first-order valence-electron chi connectivity index (χ1n) is 5.01. The van der Waals surface area contributed by atoms with Crippen molar-refractivity contribution in [2.24, 2.45) is 0 Å². The predicted octanol–water partition coefficient (Wildman–Crippen LogP) is 0.948. The highest BCUT2D eigenvalue weighted by Crippen LogP contribution is 2.24. The molecular formula is C10H20N2OS. The number of amides is 1. The maximum atomic E-state index is 11.8. The van der Waals surface area contributed by atoms with Gasteiger partial charge in [-0.05, 0) is 33.6 Å². The summed E-state index contributed by atoms with van der Waals surface area (Å²) >= 11 is 1.81. The van der Waals surface area contributed by atoms with E-state index in [9.17, 15) is 4.79 Å². The van der Waals surface area contributed by atoms with Crippen molar-refractivity contribution in [1.82, 2.24) is 10.2 Å². The topological polar surface area (TPSA) is 32.3 Å². The second-order valence-corrected chi connectivity index (χ2v) is 5.87. The van der Waals surface area contributed by atoms with Crippen LogP contribution in [0.4, 0.5) is 0 Å². The molecule has 0 aromatic rings. The molecule has 0 saturated carbocycles. The highest BCUT2D eigenvalue weighted by atomic mass is 32.2. The van der Waals surface area contributed by atoms with E-state index in [1.165, 1.54) is 0 Å². The standard InChI is InChI=1S/C10H20N2OS/c1-10(2,14-4)7-12-6-5-8(11-3)9(12)13/h8,11H,5-7H2,1-4H3. The molecule has 1 N–H and O–H groups in total. The Hall–Kier alpha value is -0.220. The quantitative estimate of drug-likeness (QED) is 0.759. The number of thioether (sulfide) groups is 1. The van der Waals surface area contributed by atoms with E-state index in [-0.39, 0.29) is 16.7 Å². The van der Waals surface area contributed by atoms with Crippen molar-refractivity contribution in [1.29, 1.82) is 0 Å². The van der Waals surface area contributed by atoms with Gasteiger partial charge in [0, 0.05) is 17.8 Å². The Bertz CT molecular complexity index is 218. The molecule has 14 heavy (non-hydrogen) atoms. The lowest BCUT2D eigenvalue weighted by atomic mass is 10.2. The van der Waals surface area contributed by atoms with E-state index in [0.717, 1.165) is 19.5 Å². The van der Waals surface area contributed by atoms with E-state index in [2.05, 4.69) is 25.4 Å². The van der Waals surface area contributed by atoms with Crippen LogP contribution in [-0.4, -0.2) is 48.0 Å². The van der Waals surface area contributed by atoms with Crippen LogP contribution < -0.4 is 5.32 Å². The third kappa shape index (κ3) is 2.64. The van der Waals surface area contributed by atoms with Gasteiger partial charge in [0.1, 0.15) is 0 Å². The summed E-state index contributed by atoms with van der Waals surface area (Å²) in [5.41, 5.74) is 0. The predicted molar refractivity (Wildman–Crippen MR) is 61.6 cm³/mol. The summed E-state index contributed by atoms with van der Waals surface area (Å²) in [5.74, 6) is 0.259. The monoisotopic (exact) mass is 216 g/mol. The Morgan fingerprint density at radius 1 is 1.64 bits per heavy atom. The zero-order valence-corrected chi connectivity index (χ0v) is 10.3. The molecule has 1 aliphatic heterocycles. The number of hydrogen-bond donors (Lipinski definition) is 1. The maximum Gasteiger partial charge on any atom is 0.239 e. The second-order valence-electron chi connectivity index (χ2n) is 4.35. The van der Waals surface area contributed by atoms with Crippen molar-refractivity contribution >= 4 is 17.7 Å². The molecule has 1 unspecified atom stereocenters. The van der Waals surface area contributed by atoms with Gasteiger partial charge in [-0.3, -0.25) is 4.79 Å². The molecule has 1 aliphatic rings. The molecule has 1 saturated heterocycles.